The molecule has 24 heavy (non-hydrogen) atoms. The second kappa shape index (κ2) is 5.86. The molecule has 3 N–H and O–H groups in total. The molecule has 2 amide bonds. The zero-order chi connectivity index (χ0) is 16.7. The van der Waals surface area contributed by atoms with Crippen LogP contribution in [-0.2, 0) is 17.7 Å². The van der Waals surface area contributed by atoms with Crippen LogP contribution in [0.2, 0.25) is 0 Å². The average Bonchev–Trinajstić information content (AvgIpc) is 3.21. The Kier molecular flexibility index (Phi) is 3.68. The molecule has 0 spiro atoms. The molecule has 0 fully saturated rings. The minimum Gasteiger partial charge on any atom is -0.450 e. The van der Waals surface area contributed by atoms with Gasteiger partial charge in [0, 0.05) is 17.6 Å². The van der Waals surface area contributed by atoms with Gasteiger partial charge in [0.1, 0.15) is 11.2 Å². The highest BCUT2D eigenvalue weighted by Crippen LogP contribution is 2.40. The van der Waals surface area contributed by atoms with E-state index in [0.29, 0.717) is 26.1 Å². The zero-order valence-corrected chi connectivity index (χ0v) is 14.0. The molecule has 0 aromatic carbocycles. The van der Waals surface area contributed by atoms with E-state index >= 15 is 0 Å². The van der Waals surface area contributed by atoms with E-state index in [0.717, 1.165) is 26.7 Å². The van der Waals surface area contributed by atoms with Gasteiger partial charge in [-0.05, 0) is 31.0 Å². The van der Waals surface area contributed by atoms with Gasteiger partial charge < -0.3 is 25.3 Å². The molecular weight excluding hydrogens is 328 g/mol. The lowest BCUT2D eigenvalue weighted by atomic mass is 10.0. The van der Waals surface area contributed by atoms with Crippen LogP contribution in [0.4, 0.5) is 9.80 Å². The van der Waals surface area contributed by atoms with Gasteiger partial charge in [-0.2, -0.15) is 0 Å². The van der Waals surface area contributed by atoms with Crippen LogP contribution >= 0.6 is 11.3 Å². The third-order valence-corrected chi connectivity index (χ3v) is 5.44. The summed E-state index contributed by atoms with van der Waals surface area (Å²) < 4.78 is 5.08. The molecule has 2 aromatic heterocycles. The van der Waals surface area contributed by atoms with Crippen molar-refractivity contribution >= 4 is 28.3 Å². The molecule has 0 radical (unpaired) electrons. The van der Waals surface area contributed by atoms with E-state index in [1.165, 1.54) is 0 Å². The third-order valence-electron chi connectivity index (χ3n) is 4.29. The number of rotatable bonds is 2. The number of carbonyl (C=O) groups excluding carboxylic acids is 2. The van der Waals surface area contributed by atoms with E-state index in [1.807, 2.05) is 18.3 Å². The molecule has 7 nitrogen and oxygen atoms in total. The summed E-state index contributed by atoms with van der Waals surface area (Å²) in [6.07, 6.45) is 1.94. The van der Waals surface area contributed by atoms with Crippen molar-refractivity contribution in [3.63, 3.8) is 0 Å². The molecule has 0 aliphatic carbocycles. The summed E-state index contributed by atoms with van der Waals surface area (Å²) in [5, 5.41) is 7.23. The van der Waals surface area contributed by atoms with E-state index in [1.54, 1.807) is 23.2 Å². The van der Waals surface area contributed by atoms with Crippen LogP contribution in [0.5, 0.6) is 0 Å². The summed E-state index contributed by atoms with van der Waals surface area (Å²) in [7, 11) is 0. The van der Waals surface area contributed by atoms with Crippen LogP contribution in [0, 0.1) is 0 Å². The Morgan fingerprint density at radius 1 is 1.46 bits per heavy atom. The van der Waals surface area contributed by atoms with Crippen molar-refractivity contribution in [2.24, 2.45) is 0 Å². The topological polar surface area (TPSA) is 86.5 Å². The Morgan fingerprint density at radius 3 is 3.08 bits per heavy atom. The number of aromatic nitrogens is 1. The fourth-order valence-electron chi connectivity index (χ4n) is 3.17. The Labute approximate surface area is 143 Å². The van der Waals surface area contributed by atoms with Gasteiger partial charge in [-0.25, -0.2) is 4.79 Å². The third kappa shape index (κ3) is 2.43. The number of nitrogens with zero attached hydrogens (tertiary/aromatic N) is 1. The summed E-state index contributed by atoms with van der Waals surface area (Å²) in [4.78, 5) is 30.4. The molecule has 126 valence electrons. The minimum atomic E-state index is -0.295. The van der Waals surface area contributed by atoms with E-state index in [-0.39, 0.29) is 18.2 Å². The van der Waals surface area contributed by atoms with Gasteiger partial charge >= 0.3 is 6.09 Å². The Balaban J connectivity index is 1.61. The number of H-pyrrole nitrogens is 1. The first-order valence-electron chi connectivity index (χ1n) is 7.94. The fourth-order valence-corrected chi connectivity index (χ4v) is 4.45. The lowest BCUT2D eigenvalue weighted by molar-refractivity contribution is 0.0933. The van der Waals surface area contributed by atoms with Crippen molar-refractivity contribution in [3.8, 4) is 0 Å². The summed E-state index contributed by atoms with van der Waals surface area (Å²) in [6, 6.07) is 3.83. The monoisotopic (exact) mass is 346 g/mol. The van der Waals surface area contributed by atoms with Gasteiger partial charge in [0.25, 0.3) is 5.91 Å². The van der Waals surface area contributed by atoms with Crippen molar-refractivity contribution in [1.29, 1.82) is 0 Å². The molecule has 0 saturated carbocycles. The molecule has 2 aliphatic heterocycles. The maximum Gasteiger partial charge on any atom is 0.410 e. The summed E-state index contributed by atoms with van der Waals surface area (Å²) >= 11 is 1.55. The molecule has 4 rings (SSSR count). The molecular formula is C16H18N4O3S. The largest absolute Gasteiger partial charge is 0.450 e. The molecule has 0 unspecified atom stereocenters. The van der Waals surface area contributed by atoms with Gasteiger partial charge in [0.05, 0.1) is 24.4 Å². The van der Waals surface area contributed by atoms with E-state index < -0.39 is 0 Å². The first-order chi connectivity index (χ1) is 11.7. The van der Waals surface area contributed by atoms with Gasteiger partial charge in [-0.3, -0.25) is 4.79 Å². The lowest BCUT2D eigenvalue weighted by Gasteiger charge is -2.27. The highest BCUT2D eigenvalue weighted by Gasteiger charge is 2.34. The number of hydrogen-bond acceptors (Lipinski definition) is 5. The average molecular weight is 346 g/mol. The Morgan fingerprint density at radius 2 is 2.33 bits per heavy atom. The predicted molar refractivity (Wildman–Crippen MR) is 90.1 cm³/mol. The van der Waals surface area contributed by atoms with Crippen LogP contribution in [0.25, 0.3) is 0 Å². The van der Waals surface area contributed by atoms with Gasteiger partial charge in [-0.1, -0.05) is 0 Å². The van der Waals surface area contributed by atoms with Crippen molar-refractivity contribution in [2.75, 3.05) is 18.5 Å². The quantitative estimate of drug-likeness (QED) is 0.779. The van der Waals surface area contributed by atoms with Gasteiger partial charge in [0.15, 0.2) is 0 Å². The molecule has 2 aromatic rings. The number of carbonyl (C=O) groups is 2. The number of fused-ring (bicyclic) bond motifs is 3. The van der Waals surface area contributed by atoms with E-state index in [4.69, 9.17) is 4.74 Å². The smallest absolute Gasteiger partial charge is 0.410 e. The van der Waals surface area contributed by atoms with Crippen LogP contribution in [-0.4, -0.2) is 35.0 Å². The molecule has 0 saturated heterocycles. The van der Waals surface area contributed by atoms with Crippen molar-refractivity contribution in [2.45, 2.75) is 26.1 Å². The molecule has 1 atom stereocenters. The predicted octanol–water partition coefficient (Wildman–Crippen LogP) is 2.44. The van der Waals surface area contributed by atoms with Crippen LogP contribution in [0.1, 0.15) is 39.6 Å². The van der Waals surface area contributed by atoms with Crippen LogP contribution in [0.15, 0.2) is 18.3 Å². The first kappa shape index (κ1) is 15.1. The van der Waals surface area contributed by atoms with E-state index in [9.17, 15) is 9.59 Å². The highest BCUT2D eigenvalue weighted by atomic mass is 32.1. The fraction of sp³-hybridized carbons (Fsp3) is 0.375. The van der Waals surface area contributed by atoms with Crippen molar-refractivity contribution in [3.05, 3.63) is 40.0 Å². The maximum atomic E-state index is 12.6. The normalized spacial score (nSPS) is 19.1. The number of amides is 2. The summed E-state index contributed by atoms with van der Waals surface area (Å²) in [5.41, 5.74) is 2.68. The maximum absolute atomic E-state index is 12.6. The van der Waals surface area contributed by atoms with Crippen molar-refractivity contribution < 1.29 is 14.3 Å². The number of anilines is 1. The second-order valence-electron chi connectivity index (χ2n) is 5.75. The second-order valence-corrected chi connectivity index (χ2v) is 6.86. The number of aromatic amines is 1. The first-order valence-corrected chi connectivity index (χ1v) is 8.76. The number of thiophene rings is 1. The molecule has 4 heterocycles. The zero-order valence-electron chi connectivity index (χ0n) is 13.2. The lowest BCUT2D eigenvalue weighted by Crippen LogP contribution is -2.39. The van der Waals surface area contributed by atoms with Crippen LogP contribution in [0.3, 0.4) is 0 Å². The van der Waals surface area contributed by atoms with Gasteiger partial charge in [-0.15, -0.1) is 11.3 Å². The van der Waals surface area contributed by atoms with Gasteiger partial charge in [0.2, 0.25) is 0 Å². The number of hydrogen-bond donors (Lipinski definition) is 3. The Hall–Kier alpha value is -2.48. The SMILES string of the molecule is CCOC(=O)N1CCc2c(sc3c2C(=O)N[C@H](c2ccc[nH]2)N3)C1. The highest BCUT2D eigenvalue weighted by molar-refractivity contribution is 7.16. The number of nitrogens with one attached hydrogen (secondary N) is 3. The minimum absolute atomic E-state index is 0.0644. The standard InChI is InChI=1S/C16H18N4O3S/c1-2-23-16(22)20-7-5-9-11(8-20)24-15-12(9)14(21)18-13(19-15)10-4-3-6-17-10/h3-4,6,13,17,19H,2,5,7-8H2,1H3,(H,18,21)/t13-/m0/s1. The van der Waals surface area contributed by atoms with Crippen LogP contribution < -0.4 is 10.6 Å². The summed E-state index contributed by atoms with van der Waals surface area (Å²) in [5.74, 6) is -0.0644. The molecule has 0 bridgehead atoms. The number of ether oxygens (including phenoxy) is 1. The summed E-state index contributed by atoms with van der Waals surface area (Å²) in [6.45, 7) is 3.23. The molecule has 2 aliphatic rings. The Bertz CT molecular complexity index is 784. The van der Waals surface area contributed by atoms with E-state index in [2.05, 4.69) is 15.6 Å². The molecule has 8 heteroatoms. The van der Waals surface area contributed by atoms with Crippen molar-refractivity contribution in [1.82, 2.24) is 15.2 Å².